The van der Waals surface area contributed by atoms with Gasteiger partial charge in [-0.1, -0.05) is 12.1 Å². The summed E-state index contributed by atoms with van der Waals surface area (Å²) < 4.78 is 28.4. The molecule has 1 saturated carbocycles. The van der Waals surface area contributed by atoms with Crippen molar-refractivity contribution in [2.45, 2.75) is 32.4 Å². The zero-order chi connectivity index (χ0) is 15.2. The molecule has 4 nitrogen and oxygen atoms in total. The van der Waals surface area contributed by atoms with Crippen LogP contribution in [0.5, 0.6) is 5.75 Å². The number of rotatable bonds is 8. The fourth-order valence-electron chi connectivity index (χ4n) is 2.02. The Morgan fingerprint density at radius 2 is 1.95 bits per heavy atom. The monoisotopic (exact) mass is 298 g/mol. The Hall–Kier alpha value is -1.69. The highest BCUT2D eigenvalue weighted by Crippen LogP contribution is 2.28. The predicted molar refractivity (Wildman–Crippen MR) is 75.2 cm³/mol. The zero-order valence-corrected chi connectivity index (χ0v) is 11.9. The number of benzene rings is 1. The highest BCUT2D eigenvalue weighted by Gasteiger charge is 2.28. The second-order valence-corrected chi connectivity index (χ2v) is 5.19. The number of carbonyl (C=O) groups excluding carboxylic acids is 1. The normalized spacial score (nSPS) is 15.8. The van der Waals surface area contributed by atoms with Crippen LogP contribution in [0.4, 0.5) is 8.78 Å². The Bertz CT molecular complexity index is 461. The summed E-state index contributed by atoms with van der Waals surface area (Å²) >= 11 is 0. The Morgan fingerprint density at radius 3 is 2.52 bits per heavy atom. The predicted octanol–water partition coefficient (Wildman–Crippen LogP) is 2.46. The minimum Gasteiger partial charge on any atom is -0.435 e. The third-order valence-electron chi connectivity index (χ3n) is 3.43. The van der Waals surface area contributed by atoms with Crippen molar-refractivity contribution in [3.8, 4) is 5.75 Å². The summed E-state index contributed by atoms with van der Waals surface area (Å²) in [6.45, 7) is 0.425. The van der Waals surface area contributed by atoms with Crippen LogP contribution < -0.4 is 15.4 Å². The van der Waals surface area contributed by atoms with Gasteiger partial charge in [0.1, 0.15) is 5.75 Å². The molecule has 0 aromatic heterocycles. The third kappa shape index (κ3) is 5.30. The molecule has 1 fully saturated rings. The van der Waals surface area contributed by atoms with Gasteiger partial charge < -0.3 is 15.4 Å². The molecule has 6 heteroatoms. The molecule has 1 atom stereocenters. The van der Waals surface area contributed by atoms with Crippen molar-refractivity contribution < 1.29 is 18.3 Å². The number of carbonyl (C=O) groups is 1. The first-order valence-electron chi connectivity index (χ1n) is 7.12. The van der Waals surface area contributed by atoms with E-state index < -0.39 is 6.61 Å². The maximum absolute atomic E-state index is 12.0. The van der Waals surface area contributed by atoms with E-state index in [9.17, 15) is 13.6 Å². The topological polar surface area (TPSA) is 50.4 Å². The maximum Gasteiger partial charge on any atom is 0.387 e. The van der Waals surface area contributed by atoms with Crippen LogP contribution in [0.1, 0.15) is 31.4 Å². The van der Waals surface area contributed by atoms with Crippen LogP contribution in [0.2, 0.25) is 0 Å². The van der Waals surface area contributed by atoms with Crippen molar-refractivity contribution in [1.29, 1.82) is 0 Å². The van der Waals surface area contributed by atoms with Gasteiger partial charge in [-0.05, 0) is 37.5 Å². The second-order valence-electron chi connectivity index (χ2n) is 5.19. The molecule has 1 aliphatic rings. The van der Waals surface area contributed by atoms with Crippen molar-refractivity contribution in [1.82, 2.24) is 10.6 Å². The maximum atomic E-state index is 12.0. The van der Waals surface area contributed by atoms with E-state index in [0.29, 0.717) is 13.1 Å². The summed E-state index contributed by atoms with van der Waals surface area (Å²) in [5.74, 6) is 0.514. The SMILES string of the molecule is CC(NCCNC(=O)C1CC1)c1ccc(OC(F)F)cc1. The minimum atomic E-state index is -2.80. The molecular formula is C15H20F2N2O2. The summed E-state index contributed by atoms with van der Waals surface area (Å²) in [5, 5.41) is 6.15. The van der Waals surface area contributed by atoms with Gasteiger partial charge in [0.25, 0.3) is 0 Å². The van der Waals surface area contributed by atoms with Crippen LogP contribution in [0.3, 0.4) is 0 Å². The van der Waals surface area contributed by atoms with Crippen LogP contribution in [0.15, 0.2) is 24.3 Å². The molecule has 1 aromatic rings. The highest BCUT2D eigenvalue weighted by atomic mass is 19.3. The molecule has 116 valence electrons. The summed E-state index contributed by atoms with van der Waals surface area (Å²) in [4.78, 5) is 11.4. The Labute approximate surface area is 122 Å². The van der Waals surface area contributed by atoms with E-state index in [-0.39, 0.29) is 23.6 Å². The first-order valence-corrected chi connectivity index (χ1v) is 7.12. The van der Waals surface area contributed by atoms with Gasteiger partial charge in [-0.3, -0.25) is 4.79 Å². The van der Waals surface area contributed by atoms with Gasteiger partial charge >= 0.3 is 6.61 Å². The van der Waals surface area contributed by atoms with Gasteiger partial charge in [0.15, 0.2) is 0 Å². The molecule has 0 bridgehead atoms. The number of hydrogen-bond acceptors (Lipinski definition) is 3. The van der Waals surface area contributed by atoms with Crippen LogP contribution in [0.25, 0.3) is 0 Å². The van der Waals surface area contributed by atoms with E-state index >= 15 is 0 Å². The van der Waals surface area contributed by atoms with E-state index in [4.69, 9.17) is 0 Å². The molecule has 0 saturated heterocycles. The summed E-state index contributed by atoms with van der Waals surface area (Å²) in [7, 11) is 0. The molecule has 1 aliphatic carbocycles. The van der Waals surface area contributed by atoms with E-state index in [1.165, 1.54) is 12.1 Å². The highest BCUT2D eigenvalue weighted by molar-refractivity contribution is 5.80. The molecule has 21 heavy (non-hydrogen) atoms. The molecule has 1 unspecified atom stereocenters. The standard InChI is InChI=1S/C15H20F2N2O2/c1-10(18-8-9-19-14(20)12-2-3-12)11-4-6-13(7-5-11)21-15(16)17/h4-7,10,12,15,18H,2-3,8-9H2,1H3,(H,19,20). The van der Waals surface area contributed by atoms with E-state index in [2.05, 4.69) is 15.4 Å². The number of halogens is 2. The number of amides is 1. The van der Waals surface area contributed by atoms with E-state index in [1.54, 1.807) is 12.1 Å². The number of ether oxygens (including phenoxy) is 1. The molecular weight excluding hydrogens is 278 g/mol. The van der Waals surface area contributed by atoms with Crippen molar-refractivity contribution in [3.63, 3.8) is 0 Å². The molecule has 2 rings (SSSR count). The fraction of sp³-hybridized carbons (Fsp3) is 0.533. The van der Waals surface area contributed by atoms with Gasteiger partial charge in [-0.25, -0.2) is 0 Å². The molecule has 0 radical (unpaired) electrons. The molecule has 2 N–H and O–H groups in total. The molecule has 1 amide bonds. The lowest BCUT2D eigenvalue weighted by Crippen LogP contribution is -2.33. The average molecular weight is 298 g/mol. The minimum absolute atomic E-state index is 0.0726. The molecule has 1 aromatic carbocycles. The smallest absolute Gasteiger partial charge is 0.387 e. The first-order chi connectivity index (χ1) is 10.1. The molecule has 0 heterocycles. The zero-order valence-electron chi connectivity index (χ0n) is 11.9. The van der Waals surface area contributed by atoms with Gasteiger partial charge in [-0.2, -0.15) is 8.78 Å². The lowest BCUT2D eigenvalue weighted by molar-refractivity contribution is -0.122. The van der Waals surface area contributed by atoms with Crippen LogP contribution in [-0.4, -0.2) is 25.6 Å². The van der Waals surface area contributed by atoms with E-state index in [1.807, 2.05) is 6.92 Å². The summed E-state index contributed by atoms with van der Waals surface area (Å²) in [5.41, 5.74) is 0.977. The van der Waals surface area contributed by atoms with Crippen molar-refractivity contribution in [2.24, 2.45) is 5.92 Å². The average Bonchev–Trinajstić information content (AvgIpc) is 3.28. The second kappa shape index (κ2) is 7.36. The molecule has 0 aliphatic heterocycles. The van der Waals surface area contributed by atoms with Gasteiger partial charge in [-0.15, -0.1) is 0 Å². The Morgan fingerprint density at radius 1 is 1.29 bits per heavy atom. The summed E-state index contributed by atoms with van der Waals surface area (Å²) in [6.07, 6.45) is 2.01. The van der Waals surface area contributed by atoms with Gasteiger partial charge in [0, 0.05) is 25.0 Å². The Kier molecular flexibility index (Phi) is 5.50. The van der Waals surface area contributed by atoms with Crippen molar-refractivity contribution in [2.75, 3.05) is 13.1 Å². The fourth-order valence-corrected chi connectivity index (χ4v) is 2.02. The largest absolute Gasteiger partial charge is 0.435 e. The third-order valence-corrected chi connectivity index (χ3v) is 3.43. The van der Waals surface area contributed by atoms with Crippen molar-refractivity contribution in [3.05, 3.63) is 29.8 Å². The van der Waals surface area contributed by atoms with Crippen LogP contribution in [0, 0.1) is 5.92 Å². The number of hydrogen-bond donors (Lipinski definition) is 2. The lowest BCUT2D eigenvalue weighted by atomic mass is 10.1. The molecule has 0 spiro atoms. The summed E-state index contributed by atoms with van der Waals surface area (Å²) in [6, 6.07) is 6.61. The van der Waals surface area contributed by atoms with Crippen LogP contribution >= 0.6 is 0 Å². The van der Waals surface area contributed by atoms with Gasteiger partial charge in [0.2, 0.25) is 5.91 Å². The van der Waals surface area contributed by atoms with Crippen LogP contribution in [-0.2, 0) is 4.79 Å². The first kappa shape index (κ1) is 15.7. The lowest BCUT2D eigenvalue weighted by Gasteiger charge is -2.15. The van der Waals surface area contributed by atoms with Gasteiger partial charge in [0.05, 0.1) is 0 Å². The number of nitrogens with one attached hydrogen (secondary N) is 2. The van der Waals surface area contributed by atoms with Crippen molar-refractivity contribution >= 4 is 5.91 Å². The number of alkyl halides is 2. The Balaban J connectivity index is 1.69. The quantitative estimate of drug-likeness (QED) is 0.725. The van der Waals surface area contributed by atoms with E-state index in [0.717, 1.165) is 18.4 Å².